The fraction of sp³-hybridized carbons (Fsp3) is 0.514. The summed E-state index contributed by atoms with van der Waals surface area (Å²) >= 11 is 0. The number of rotatable bonds is 9. The molecule has 4 amide bonds. The molecule has 3 saturated heterocycles. The number of benzene rings is 2. The van der Waals surface area contributed by atoms with Crippen LogP contribution >= 0.6 is 0 Å². The number of likely N-dealkylation sites (tertiary alicyclic amines) is 2. The van der Waals surface area contributed by atoms with Gasteiger partial charge in [0.1, 0.15) is 13.6 Å². The number of fused-ring (bicyclic) bond motifs is 1. The first-order valence-corrected chi connectivity index (χ1v) is 18.1. The molecule has 0 aliphatic carbocycles. The summed E-state index contributed by atoms with van der Waals surface area (Å²) in [7, 11) is 1.79. The molecule has 3 fully saturated rings. The third-order valence-corrected chi connectivity index (χ3v) is 10.9. The molecule has 0 aromatic heterocycles. The average Bonchev–Trinajstić information content (AvgIpc) is 3.30. The van der Waals surface area contributed by atoms with Gasteiger partial charge in [0.05, 0.1) is 6.54 Å². The zero-order valence-corrected chi connectivity index (χ0v) is 29.5. The van der Waals surface area contributed by atoms with E-state index in [0.29, 0.717) is 75.7 Å². The number of anilines is 1. The Bertz CT molecular complexity index is 1620. The van der Waals surface area contributed by atoms with Gasteiger partial charge in [0, 0.05) is 88.7 Å². The van der Waals surface area contributed by atoms with Crippen LogP contribution in [0.15, 0.2) is 43.0 Å². The van der Waals surface area contributed by atoms with Crippen molar-refractivity contribution in [3.8, 4) is 5.75 Å². The lowest BCUT2D eigenvalue weighted by atomic mass is 9.89. The minimum atomic E-state index is -1.05. The third kappa shape index (κ3) is 8.67. The van der Waals surface area contributed by atoms with Gasteiger partial charge in [-0.15, -0.1) is 0 Å². The Kier molecular flexibility index (Phi) is 11.5. The molecule has 4 aliphatic rings. The second-order valence-corrected chi connectivity index (χ2v) is 14.1. The topological polar surface area (TPSA) is 146 Å². The minimum absolute atomic E-state index is 0.0143. The number of hydrogen-bond donors (Lipinski definition) is 3. The highest BCUT2D eigenvalue weighted by Gasteiger charge is 2.36. The molecule has 0 spiro atoms. The van der Waals surface area contributed by atoms with Crippen LogP contribution < -0.4 is 10.8 Å². The Morgan fingerprint density at radius 3 is 2.29 bits per heavy atom. The number of aliphatic carboxylic acids is 1. The number of piperidine rings is 2. The first-order chi connectivity index (χ1) is 24.6. The van der Waals surface area contributed by atoms with Crippen LogP contribution in [0.2, 0.25) is 0 Å². The number of carbonyl (C=O) groups excluding carboxylic acids is 3. The number of nitrogens with zero attached hydrogens (tertiary/aromatic N) is 5. The Labute approximate surface area is 300 Å². The highest BCUT2D eigenvalue weighted by molar-refractivity contribution is 6.34. The van der Waals surface area contributed by atoms with Gasteiger partial charge in [-0.3, -0.25) is 19.4 Å². The molecular formula is C37H49BN6O7. The van der Waals surface area contributed by atoms with Gasteiger partial charge in [0.2, 0.25) is 0 Å². The van der Waals surface area contributed by atoms with E-state index in [-0.39, 0.29) is 36.7 Å². The summed E-state index contributed by atoms with van der Waals surface area (Å²) in [5.74, 6) is -0.925. The first kappa shape index (κ1) is 36.2. The number of para-hydroxylation sites is 1. The van der Waals surface area contributed by atoms with Gasteiger partial charge in [0.15, 0.2) is 6.10 Å². The maximum Gasteiger partial charge on any atom is 0.410 e. The normalized spacial score (nSPS) is 20.2. The molecule has 4 aliphatic heterocycles. The van der Waals surface area contributed by atoms with Crippen molar-refractivity contribution in [2.75, 3.05) is 70.8 Å². The molecule has 272 valence electrons. The number of carboxylic acid groups (broad SMARTS) is 1. The lowest BCUT2D eigenvalue weighted by molar-refractivity contribution is -0.142. The van der Waals surface area contributed by atoms with Gasteiger partial charge >= 0.3 is 18.1 Å². The second kappa shape index (κ2) is 16.2. The monoisotopic (exact) mass is 700 g/mol. The smallest absolute Gasteiger partial charge is 0.410 e. The van der Waals surface area contributed by atoms with E-state index in [1.807, 2.05) is 40.1 Å². The molecule has 1 atom stereocenters. The fourth-order valence-electron chi connectivity index (χ4n) is 7.98. The van der Waals surface area contributed by atoms with Crippen LogP contribution in [0, 0.1) is 0 Å². The summed E-state index contributed by atoms with van der Waals surface area (Å²) in [6.45, 7) is 9.35. The predicted molar refractivity (Wildman–Crippen MR) is 196 cm³/mol. The summed E-state index contributed by atoms with van der Waals surface area (Å²) in [5, 5.41) is 22.6. The highest BCUT2D eigenvalue weighted by Crippen LogP contribution is 2.26. The number of piperazine rings is 1. The summed E-state index contributed by atoms with van der Waals surface area (Å²) in [5.41, 5.74) is 3.90. The van der Waals surface area contributed by atoms with Crippen molar-refractivity contribution in [2.24, 2.45) is 0 Å². The van der Waals surface area contributed by atoms with E-state index in [1.165, 1.54) is 0 Å². The Hall–Kier alpha value is -4.56. The van der Waals surface area contributed by atoms with Gasteiger partial charge in [-0.2, -0.15) is 0 Å². The van der Waals surface area contributed by atoms with Crippen LogP contribution in [-0.4, -0.2) is 150 Å². The number of hydrogen-bond acceptors (Lipinski definition) is 8. The number of amides is 4. The molecule has 6 rings (SSSR count). The van der Waals surface area contributed by atoms with Gasteiger partial charge in [-0.25, -0.2) is 9.59 Å². The number of aromatic hydroxyl groups is 1. The SMILES string of the molecule is Bc1cc(C[C@@H](OC(=O)N2CCC(N3CCc4ccccc4NC3=O)CC2)C(=O)N2CCC(N3CCN(CC(=O)O)CC3)CC2)cc(C=C)c1O. The molecule has 2 aromatic rings. The van der Waals surface area contributed by atoms with Crippen molar-refractivity contribution in [3.63, 3.8) is 0 Å². The van der Waals surface area contributed by atoms with Crippen molar-refractivity contribution >= 4 is 49.1 Å². The molecule has 0 bridgehead atoms. The zero-order chi connectivity index (χ0) is 36.1. The van der Waals surface area contributed by atoms with Gasteiger partial charge in [-0.1, -0.05) is 36.9 Å². The Morgan fingerprint density at radius 2 is 1.61 bits per heavy atom. The van der Waals surface area contributed by atoms with Crippen molar-refractivity contribution < 1.29 is 34.1 Å². The van der Waals surface area contributed by atoms with Crippen LogP contribution in [0.5, 0.6) is 5.75 Å². The zero-order valence-electron chi connectivity index (χ0n) is 29.5. The van der Waals surface area contributed by atoms with Crippen molar-refractivity contribution in [1.82, 2.24) is 24.5 Å². The quantitative estimate of drug-likeness (QED) is 0.332. The van der Waals surface area contributed by atoms with Crippen LogP contribution in [0.25, 0.3) is 6.08 Å². The summed E-state index contributed by atoms with van der Waals surface area (Å²) in [6, 6.07) is 11.6. The second-order valence-electron chi connectivity index (χ2n) is 14.1. The summed E-state index contributed by atoms with van der Waals surface area (Å²) in [6.07, 6.45) is 3.66. The van der Waals surface area contributed by atoms with Gasteiger partial charge in [0.25, 0.3) is 5.91 Å². The van der Waals surface area contributed by atoms with Gasteiger partial charge < -0.3 is 35.0 Å². The van der Waals surface area contributed by atoms with E-state index in [2.05, 4.69) is 16.8 Å². The van der Waals surface area contributed by atoms with Crippen molar-refractivity contribution in [1.29, 1.82) is 0 Å². The minimum Gasteiger partial charge on any atom is -0.508 e. The summed E-state index contributed by atoms with van der Waals surface area (Å²) in [4.78, 5) is 61.6. The van der Waals surface area contributed by atoms with E-state index in [9.17, 15) is 24.3 Å². The lowest BCUT2D eigenvalue weighted by Crippen LogP contribution is -2.55. The number of phenols is 1. The first-order valence-electron chi connectivity index (χ1n) is 18.1. The molecule has 51 heavy (non-hydrogen) atoms. The lowest BCUT2D eigenvalue weighted by Gasteiger charge is -2.43. The Balaban J connectivity index is 1.08. The molecule has 2 aromatic carbocycles. The average molecular weight is 701 g/mol. The van der Waals surface area contributed by atoms with Crippen LogP contribution in [-0.2, 0) is 27.2 Å². The number of nitrogens with one attached hydrogen (secondary N) is 1. The summed E-state index contributed by atoms with van der Waals surface area (Å²) < 4.78 is 6.05. The van der Waals surface area contributed by atoms with Gasteiger partial charge in [-0.05, 0) is 60.8 Å². The van der Waals surface area contributed by atoms with E-state index < -0.39 is 18.2 Å². The molecule has 0 saturated carbocycles. The van der Waals surface area contributed by atoms with E-state index >= 15 is 0 Å². The molecule has 0 radical (unpaired) electrons. The largest absolute Gasteiger partial charge is 0.508 e. The fourth-order valence-corrected chi connectivity index (χ4v) is 7.98. The maximum atomic E-state index is 14.1. The number of carboxylic acids is 1. The molecule has 13 nitrogen and oxygen atoms in total. The molecule has 3 N–H and O–H groups in total. The van der Waals surface area contributed by atoms with Crippen molar-refractivity contribution in [3.05, 3.63) is 59.7 Å². The molecular weight excluding hydrogens is 651 g/mol. The van der Waals surface area contributed by atoms with Crippen molar-refractivity contribution in [2.45, 2.75) is 56.7 Å². The van der Waals surface area contributed by atoms with Crippen LogP contribution in [0.1, 0.15) is 42.4 Å². The van der Waals surface area contributed by atoms with E-state index in [4.69, 9.17) is 9.84 Å². The Morgan fingerprint density at radius 1 is 0.941 bits per heavy atom. The maximum absolute atomic E-state index is 14.1. The third-order valence-electron chi connectivity index (χ3n) is 10.9. The standard InChI is InChI=1S/C37H49BN6O7/c1-2-26-21-25(22-30(38)34(26)47)23-32(35(48)42-12-8-28(9-13-42)41-19-17-40(18-20-41)24-33(45)46)51-37(50)43-14-10-29(11-15-43)44-16-7-27-5-3-4-6-31(27)39-36(44)49/h2-6,21-22,28-29,32,47H,1,7-20,23-24,38H2,(H,39,49)(H,45,46)/t32-/m1/s1. The molecule has 4 heterocycles. The van der Waals surface area contributed by atoms with Crippen LogP contribution in [0.3, 0.4) is 0 Å². The molecule has 14 heteroatoms. The number of carbonyl (C=O) groups is 4. The van der Waals surface area contributed by atoms with E-state index in [1.54, 1.807) is 29.8 Å². The number of ether oxygens (including phenoxy) is 1. The number of urea groups is 1. The van der Waals surface area contributed by atoms with E-state index in [0.717, 1.165) is 49.2 Å². The van der Waals surface area contributed by atoms with Crippen LogP contribution in [0.4, 0.5) is 15.3 Å². The number of phenolic OH excluding ortho intramolecular Hbond substituents is 1. The predicted octanol–water partition coefficient (Wildman–Crippen LogP) is 1.59. The molecule has 0 unspecified atom stereocenters. The highest BCUT2D eigenvalue weighted by atomic mass is 16.6.